The minimum absolute atomic E-state index is 0.292. The molecule has 1 heterocycles. The van der Waals surface area contributed by atoms with E-state index in [1.165, 1.54) is 11.9 Å². The molecule has 16 heavy (non-hydrogen) atoms. The highest BCUT2D eigenvalue weighted by molar-refractivity contribution is 7.99. The van der Waals surface area contributed by atoms with Crippen LogP contribution in [0.2, 0.25) is 0 Å². The standard InChI is InChI=1S/C9H12N6S/c1-16-15-7-4-2-3-6(5-7)11-9-12-8(10)13-14-9/h2-5,15H,1H3,(H4,10,11,12,13,14). The summed E-state index contributed by atoms with van der Waals surface area (Å²) < 4.78 is 3.14. The summed E-state index contributed by atoms with van der Waals surface area (Å²) >= 11 is 1.54. The fraction of sp³-hybridized carbons (Fsp3) is 0.111. The van der Waals surface area contributed by atoms with Crippen molar-refractivity contribution in [2.24, 2.45) is 0 Å². The van der Waals surface area contributed by atoms with Crippen LogP contribution in [0, 0.1) is 0 Å². The van der Waals surface area contributed by atoms with Crippen LogP contribution in [0.15, 0.2) is 24.3 Å². The van der Waals surface area contributed by atoms with Gasteiger partial charge in [0, 0.05) is 17.6 Å². The largest absolute Gasteiger partial charge is 0.368 e. The first-order chi connectivity index (χ1) is 7.78. The quantitative estimate of drug-likeness (QED) is 0.605. The molecule has 0 unspecified atom stereocenters. The molecule has 6 nitrogen and oxygen atoms in total. The fourth-order valence-electron chi connectivity index (χ4n) is 1.24. The smallest absolute Gasteiger partial charge is 0.248 e. The number of nitrogens with two attached hydrogens (primary N) is 1. The van der Waals surface area contributed by atoms with E-state index in [0.29, 0.717) is 11.9 Å². The van der Waals surface area contributed by atoms with Gasteiger partial charge in [-0.05, 0) is 18.2 Å². The highest BCUT2D eigenvalue weighted by atomic mass is 32.2. The number of nitrogens with zero attached hydrogens (tertiary/aromatic N) is 2. The Morgan fingerprint density at radius 1 is 1.38 bits per heavy atom. The monoisotopic (exact) mass is 236 g/mol. The molecule has 0 aliphatic carbocycles. The van der Waals surface area contributed by atoms with Gasteiger partial charge in [0.05, 0.1) is 0 Å². The Morgan fingerprint density at radius 3 is 2.88 bits per heavy atom. The molecule has 5 N–H and O–H groups in total. The van der Waals surface area contributed by atoms with Crippen LogP contribution in [0.4, 0.5) is 23.3 Å². The van der Waals surface area contributed by atoms with Crippen LogP contribution in [-0.2, 0) is 0 Å². The van der Waals surface area contributed by atoms with E-state index in [1.807, 2.05) is 30.5 Å². The van der Waals surface area contributed by atoms with E-state index in [1.54, 1.807) is 0 Å². The van der Waals surface area contributed by atoms with Crippen LogP contribution in [0.1, 0.15) is 0 Å². The van der Waals surface area contributed by atoms with Gasteiger partial charge >= 0.3 is 0 Å². The minimum atomic E-state index is 0.292. The molecule has 0 saturated heterocycles. The molecule has 0 aliphatic heterocycles. The van der Waals surface area contributed by atoms with E-state index in [2.05, 4.69) is 25.2 Å². The van der Waals surface area contributed by atoms with Crippen molar-refractivity contribution in [2.75, 3.05) is 22.0 Å². The lowest BCUT2D eigenvalue weighted by molar-refractivity contribution is 1.10. The van der Waals surface area contributed by atoms with Gasteiger partial charge in [-0.25, -0.2) is 5.10 Å². The zero-order valence-electron chi connectivity index (χ0n) is 8.69. The molecule has 0 fully saturated rings. The van der Waals surface area contributed by atoms with Gasteiger partial charge in [0.2, 0.25) is 11.9 Å². The molecule has 1 aromatic heterocycles. The summed E-state index contributed by atoms with van der Waals surface area (Å²) in [5.74, 6) is 0.750. The SMILES string of the molecule is CSNc1cccc(Nc2n[nH]c(N)n2)c1. The second kappa shape index (κ2) is 4.75. The van der Waals surface area contributed by atoms with Crippen LogP contribution in [0.5, 0.6) is 0 Å². The molecule has 2 rings (SSSR count). The van der Waals surface area contributed by atoms with Crippen LogP contribution in [0.3, 0.4) is 0 Å². The second-order valence-electron chi connectivity index (χ2n) is 3.06. The molecule has 0 amide bonds. The number of benzene rings is 1. The molecule has 0 atom stereocenters. The van der Waals surface area contributed by atoms with E-state index < -0.39 is 0 Å². The van der Waals surface area contributed by atoms with Gasteiger partial charge in [-0.2, -0.15) is 4.98 Å². The van der Waals surface area contributed by atoms with Crippen LogP contribution in [0.25, 0.3) is 0 Å². The maximum Gasteiger partial charge on any atom is 0.248 e. The second-order valence-corrected chi connectivity index (χ2v) is 3.67. The molecule has 0 bridgehead atoms. The number of nitrogen functional groups attached to an aromatic ring is 1. The number of hydrogen-bond acceptors (Lipinski definition) is 6. The van der Waals surface area contributed by atoms with E-state index >= 15 is 0 Å². The summed E-state index contributed by atoms with van der Waals surface area (Å²) in [6.45, 7) is 0. The van der Waals surface area contributed by atoms with Gasteiger partial charge < -0.3 is 15.8 Å². The topological polar surface area (TPSA) is 91.7 Å². The van der Waals surface area contributed by atoms with Crippen molar-refractivity contribution in [1.82, 2.24) is 15.2 Å². The third-order valence-corrected chi connectivity index (χ3v) is 2.28. The van der Waals surface area contributed by atoms with Crippen molar-refractivity contribution in [1.29, 1.82) is 0 Å². The summed E-state index contributed by atoms with van der Waals surface area (Å²) in [6, 6.07) is 7.81. The first-order valence-corrected chi connectivity index (χ1v) is 5.84. The van der Waals surface area contributed by atoms with Crippen LogP contribution in [-0.4, -0.2) is 21.4 Å². The molecular formula is C9H12N6S. The van der Waals surface area contributed by atoms with Crippen LogP contribution >= 0.6 is 11.9 Å². The summed E-state index contributed by atoms with van der Waals surface area (Å²) in [5, 5.41) is 9.49. The third kappa shape index (κ3) is 2.57. The number of aromatic nitrogens is 3. The third-order valence-electron chi connectivity index (χ3n) is 1.84. The zero-order chi connectivity index (χ0) is 11.4. The Balaban J connectivity index is 2.12. The maximum absolute atomic E-state index is 5.43. The van der Waals surface area contributed by atoms with Gasteiger partial charge in [0.25, 0.3) is 0 Å². The number of rotatable bonds is 4. The Hall–Kier alpha value is -1.89. The number of aromatic amines is 1. The molecule has 0 aliphatic rings. The fourth-order valence-corrected chi connectivity index (χ4v) is 1.60. The highest BCUT2D eigenvalue weighted by Crippen LogP contribution is 2.19. The van der Waals surface area contributed by atoms with Crippen molar-refractivity contribution < 1.29 is 0 Å². The van der Waals surface area contributed by atoms with Gasteiger partial charge in [-0.3, -0.25) is 0 Å². The lowest BCUT2D eigenvalue weighted by atomic mass is 10.3. The van der Waals surface area contributed by atoms with Gasteiger partial charge in [0.15, 0.2) is 0 Å². The summed E-state index contributed by atoms with van der Waals surface area (Å²) in [6.07, 6.45) is 1.97. The lowest BCUT2D eigenvalue weighted by Crippen LogP contribution is -1.94. The van der Waals surface area contributed by atoms with Crippen molar-refractivity contribution in [3.05, 3.63) is 24.3 Å². The van der Waals surface area contributed by atoms with E-state index in [-0.39, 0.29) is 0 Å². The Labute approximate surface area is 97.2 Å². The molecule has 2 aromatic rings. The number of nitrogens with one attached hydrogen (secondary N) is 3. The van der Waals surface area contributed by atoms with Crippen molar-refractivity contribution >= 4 is 35.2 Å². The lowest BCUT2D eigenvalue weighted by Gasteiger charge is -2.05. The Morgan fingerprint density at radius 2 is 2.19 bits per heavy atom. The number of anilines is 4. The molecule has 0 spiro atoms. The highest BCUT2D eigenvalue weighted by Gasteiger charge is 2.00. The predicted octanol–water partition coefficient (Wildman–Crippen LogP) is 1.82. The minimum Gasteiger partial charge on any atom is -0.368 e. The zero-order valence-corrected chi connectivity index (χ0v) is 9.51. The van der Waals surface area contributed by atoms with Gasteiger partial charge in [0.1, 0.15) is 0 Å². The summed E-state index contributed by atoms with van der Waals surface area (Å²) in [4.78, 5) is 3.96. The van der Waals surface area contributed by atoms with Gasteiger partial charge in [-0.15, -0.1) is 5.10 Å². The molecule has 0 radical (unpaired) electrons. The first kappa shape index (κ1) is 10.6. The molecule has 0 saturated carbocycles. The van der Waals surface area contributed by atoms with E-state index in [4.69, 9.17) is 5.73 Å². The summed E-state index contributed by atoms with van der Waals surface area (Å²) in [7, 11) is 0. The van der Waals surface area contributed by atoms with Gasteiger partial charge in [-0.1, -0.05) is 18.0 Å². The van der Waals surface area contributed by atoms with E-state index in [0.717, 1.165) is 11.4 Å². The predicted molar refractivity (Wildman–Crippen MR) is 67.7 cm³/mol. The normalized spacial score (nSPS) is 10.1. The number of H-pyrrole nitrogens is 1. The van der Waals surface area contributed by atoms with Crippen molar-refractivity contribution in [3.63, 3.8) is 0 Å². The molecule has 7 heteroatoms. The average molecular weight is 236 g/mol. The number of hydrogen-bond donors (Lipinski definition) is 4. The van der Waals surface area contributed by atoms with Crippen molar-refractivity contribution in [2.45, 2.75) is 0 Å². The molecular weight excluding hydrogens is 224 g/mol. The molecule has 84 valence electrons. The maximum atomic E-state index is 5.43. The summed E-state index contributed by atoms with van der Waals surface area (Å²) in [5.41, 5.74) is 7.34. The Bertz CT molecular complexity index is 469. The molecule has 1 aromatic carbocycles. The average Bonchev–Trinajstić information content (AvgIpc) is 2.65. The first-order valence-electron chi connectivity index (χ1n) is 4.62. The van der Waals surface area contributed by atoms with E-state index in [9.17, 15) is 0 Å². The van der Waals surface area contributed by atoms with Crippen molar-refractivity contribution in [3.8, 4) is 0 Å². The van der Waals surface area contributed by atoms with Crippen LogP contribution < -0.4 is 15.8 Å². The Kier molecular flexibility index (Phi) is 3.16.